The van der Waals surface area contributed by atoms with Gasteiger partial charge in [0.1, 0.15) is 17.3 Å². The van der Waals surface area contributed by atoms with Crippen LogP contribution < -0.4 is 4.74 Å². The molecule has 2 aromatic rings. The number of hydrogen-bond acceptors (Lipinski definition) is 5. The largest absolute Gasteiger partial charge is 0.507 e. The van der Waals surface area contributed by atoms with Gasteiger partial charge in [-0.1, -0.05) is 18.2 Å². The molecule has 31 heavy (non-hydrogen) atoms. The van der Waals surface area contributed by atoms with Crippen LogP contribution in [-0.4, -0.2) is 49.1 Å². The first-order valence-electron chi connectivity index (χ1n) is 9.98. The first-order valence-corrected chi connectivity index (χ1v) is 9.98. The Morgan fingerprint density at radius 3 is 2.42 bits per heavy atom. The predicted octanol–water partition coefficient (Wildman–Crippen LogP) is 3.91. The summed E-state index contributed by atoms with van der Waals surface area (Å²) in [7, 11) is 3.03. The molecule has 3 rings (SSSR count). The molecule has 1 amide bonds. The molecule has 1 aliphatic rings. The van der Waals surface area contributed by atoms with Crippen LogP contribution in [0.25, 0.3) is 5.76 Å². The van der Waals surface area contributed by atoms with Crippen LogP contribution in [0.2, 0.25) is 0 Å². The lowest BCUT2D eigenvalue weighted by molar-refractivity contribution is -0.140. The van der Waals surface area contributed by atoms with Gasteiger partial charge in [-0.15, -0.1) is 0 Å². The quantitative estimate of drug-likeness (QED) is 0.314. The van der Waals surface area contributed by atoms with Crippen molar-refractivity contribution < 1.29 is 28.6 Å². The maximum atomic E-state index is 13.5. The van der Waals surface area contributed by atoms with E-state index in [-0.39, 0.29) is 17.9 Å². The predicted molar refractivity (Wildman–Crippen MR) is 114 cm³/mol. The number of Topliss-reactive ketones (excluding diaryl/α,β-unsaturated/α-hetero) is 1. The number of hydrogen-bond donors (Lipinski definition) is 1. The Kier molecular flexibility index (Phi) is 6.75. The lowest BCUT2D eigenvalue weighted by Crippen LogP contribution is -2.31. The molecule has 7 heteroatoms. The molecule has 0 spiro atoms. The van der Waals surface area contributed by atoms with E-state index in [0.29, 0.717) is 29.9 Å². The van der Waals surface area contributed by atoms with Crippen LogP contribution in [0.15, 0.2) is 42.0 Å². The molecule has 0 radical (unpaired) electrons. The number of carbonyl (C=O) groups excluding carboxylic acids is 2. The third-order valence-corrected chi connectivity index (χ3v) is 5.35. The van der Waals surface area contributed by atoms with Gasteiger partial charge in [-0.2, -0.15) is 0 Å². The molecule has 1 saturated heterocycles. The number of ether oxygens (including phenoxy) is 2. The first kappa shape index (κ1) is 22.5. The van der Waals surface area contributed by atoms with Crippen LogP contribution in [-0.2, 0) is 14.3 Å². The molecule has 1 aliphatic heterocycles. The highest BCUT2D eigenvalue weighted by Crippen LogP contribution is 2.41. The van der Waals surface area contributed by atoms with Crippen LogP contribution in [0.1, 0.15) is 34.7 Å². The SMILES string of the molecule is COCCCN1C(=O)C(=O)/C(=C(/O)c2cc(C)cc(C)c2OC)C1c1ccc(F)cc1. The zero-order chi connectivity index (χ0) is 22.7. The van der Waals surface area contributed by atoms with Crippen molar-refractivity contribution in [3.05, 3.63) is 70.0 Å². The number of carbonyl (C=O) groups is 2. The summed E-state index contributed by atoms with van der Waals surface area (Å²) in [5, 5.41) is 11.2. The van der Waals surface area contributed by atoms with Crippen molar-refractivity contribution in [1.29, 1.82) is 0 Å². The molecule has 164 valence electrons. The summed E-state index contributed by atoms with van der Waals surface area (Å²) >= 11 is 0. The second-order valence-electron chi connectivity index (χ2n) is 7.55. The highest BCUT2D eigenvalue weighted by atomic mass is 19.1. The highest BCUT2D eigenvalue weighted by Gasteiger charge is 2.46. The Morgan fingerprint density at radius 2 is 1.81 bits per heavy atom. The topological polar surface area (TPSA) is 76.1 Å². The monoisotopic (exact) mass is 427 g/mol. The highest BCUT2D eigenvalue weighted by molar-refractivity contribution is 6.46. The fraction of sp³-hybridized carbons (Fsp3) is 0.333. The molecule has 0 aromatic heterocycles. The number of likely N-dealkylation sites (tertiary alicyclic amines) is 1. The van der Waals surface area contributed by atoms with Gasteiger partial charge in [0, 0.05) is 20.3 Å². The molecule has 6 nitrogen and oxygen atoms in total. The molecule has 0 bridgehead atoms. The van der Waals surface area contributed by atoms with E-state index in [1.807, 2.05) is 19.9 Å². The number of benzene rings is 2. The van der Waals surface area contributed by atoms with Gasteiger partial charge in [-0.3, -0.25) is 9.59 Å². The standard InChI is InChI=1S/C24H26FNO5/c1-14-12-15(2)23(31-4)18(13-14)21(27)19-20(16-6-8-17(25)9-7-16)26(10-5-11-30-3)24(29)22(19)28/h6-9,12-13,20,27H,5,10-11H2,1-4H3/b21-19+. The number of ketones is 1. The molecule has 1 N–H and O–H groups in total. The lowest BCUT2D eigenvalue weighted by Gasteiger charge is -2.25. The number of nitrogens with zero attached hydrogens (tertiary/aromatic N) is 1. The van der Waals surface area contributed by atoms with E-state index in [2.05, 4.69) is 0 Å². The van der Waals surface area contributed by atoms with E-state index >= 15 is 0 Å². The number of aryl methyl sites for hydroxylation is 2. The van der Waals surface area contributed by atoms with Gasteiger partial charge in [0.2, 0.25) is 0 Å². The van der Waals surface area contributed by atoms with E-state index in [1.165, 1.54) is 36.3 Å². The van der Waals surface area contributed by atoms with E-state index in [4.69, 9.17) is 9.47 Å². The van der Waals surface area contributed by atoms with Gasteiger partial charge >= 0.3 is 0 Å². The summed E-state index contributed by atoms with van der Waals surface area (Å²) in [4.78, 5) is 27.3. The van der Waals surface area contributed by atoms with Crippen molar-refractivity contribution in [2.45, 2.75) is 26.3 Å². The molecule has 1 fully saturated rings. The third kappa shape index (κ3) is 4.32. The number of halogens is 1. The molecule has 1 heterocycles. The number of rotatable bonds is 7. The Balaban J connectivity index is 2.21. The smallest absolute Gasteiger partial charge is 0.295 e. The van der Waals surface area contributed by atoms with Crippen molar-refractivity contribution in [2.75, 3.05) is 27.4 Å². The van der Waals surface area contributed by atoms with Gasteiger partial charge < -0.3 is 19.5 Å². The molecular formula is C24H26FNO5. The van der Waals surface area contributed by atoms with Crippen LogP contribution >= 0.6 is 0 Å². The second kappa shape index (κ2) is 9.31. The van der Waals surface area contributed by atoms with E-state index in [1.54, 1.807) is 13.2 Å². The van der Waals surface area contributed by atoms with Crippen LogP contribution in [0.4, 0.5) is 4.39 Å². The number of amides is 1. The summed E-state index contributed by atoms with van der Waals surface area (Å²) in [5.41, 5.74) is 2.48. The average molecular weight is 427 g/mol. The minimum Gasteiger partial charge on any atom is -0.507 e. The van der Waals surface area contributed by atoms with Crippen molar-refractivity contribution in [2.24, 2.45) is 0 Å². The van der Waals surface area contributed by atoms with Crippen molar-refractivity contribution in [1.82, 2.24) is 4.90 Å². The van der Waals surface area contributed by atoms with Crippen molar-refractivity contribution in [3.63, 3.8) is 0 Å². The van der Waals surface area contributed by atoms with Crippen LogP contribution in [0.5, 0.6) is 5.75 Å². The molecular weight excluding hydrogens is 401 g/mol. The fourth-order valence-electron chi connectivity index (χ4n) is 4.03. The summed E-state index contributed by atoms with van der Waals surface area (Å²) < 4.78 is 24.1. The lowest BCUT2D eigenvalue weighted by atomic mass is 9.93. The first-order chi connectivity index (χ1) is 14.8. The normalized spacial score (nSPS) is 18.0. The number of aliphatic hydroxyl groups is 1. The van der Waals surface area contributed by atoms with Crippen molar-refractivity contribution >= 4 is 17.4 Å². The molecule has 1 unspecified atom stereocenters. The van der Waals surface area contributed by atoms with Gasteiger partial charge in [0.25, 0.3) is 11.7 Å². The maximum absolute atomic E-state index is 13.5. The van der Waals surface area contributed by atoms with Crippen molar-refractivity contribution in [3.8, 4) is 5.75 Å². The summed E-state index contributed by atoms with van der Waals surface area (Å²) in [6.45, 7) is 4.36. The number of methoxy groups -OCH3 is 2. The fourth-order valence-corrected chi connectivity index (χ4v) is 4.03. The maximum Gasteiger partial charge on any atom is 0.295 e. The Bertz CT molecular complexity index is 1030. The average Bonchev–Trinajstić information content (AvgIpc) is 2.98. The Labute approximate surface area is 180 Å². The Morgan fingerprint density at radius 1 is 1.13 bits per heavy atom. The van der Waals surface area contributed by atoms with E-state index in [0.717, 1.165) is 11.1 Å². The summed E-state index contributed by atoms with van der Waals surface area (Å²) in [5.74, 6) is -1.83. The summed E-state index contributed by atoms with van der Waals surface area (Å²) in [6, 6.07) is 8.33. The summed E-state index contributed by atoms with van der Waals surface area (Å²) in [6.07, 6.45) is 0.508. The van der Waals surface area contributed by atoms with Gasteiger partial charge in [0.05, 0.1) is 24.3 Å². The molecule has 0 saturated carbocycles. The van der Waals surface area contributed by atoms with Gasteiger partial charge in [0.15, 0.2) is 0 Å². The molecule has 0 aliphatic carbocycles. The molecule has 2 aromatic carbocycles. The zero-order valence-corrected chi connectivity index (χ0v) is 18.1. The van der Waals surface area contributed by atoms with Crippen LogP contribution in [0, 0.1) is 19.7 Å². The second-order valence-corrected chi connectivity index (χ2v) is 7.55. The van der Waals surface area contributed by atoms with Gasteiger partial charge in [-0.25, -0.2) is 4.39 Å². The Hall–Kier alpha value is -3.19. The minimum absolute atomic E-state index is 0.0441. The van der Waals surface area contributed by atoms with Gasteiger partial charge in [-0.05, 0) is 55.2 Å². The third-order valence-electron chi connectivity index (χ3n) is 5.35. The molecule has 1 atom stereocenters. The van der Waals surface area contributed by atoms with Crippen LogP contribution in [0.3, 0.4) is 0 Å². The minimum atomic E-state index is -0.844. The van der Waals surface area contributed by atoms with E-state index in [9.17, 15) is 19.1 Å². The van der Waals surface area contributed by atoms with E-state index < -0.39 is 23.5 Å². The zero-order valence-electron chi connectivity index (χ0n) is 18.1. The number of aliphatic hydroxyl groups excluding tert-OH is 1.